The Bertz CT molecular complexity index is 577. The Kier molecular flexibility index (Phi) is 4.56. The number of hydrogen-bond acceptors (Lipinski definition) is 4. The van der Waals surface area contributed by atoms with Gasteiger partial charge in [-0.15, -0.1) is 0 Å². The summed E-state index contributed by atoms with van der Waals surface area (Å²) >= 11 is 0. The zero-order valence-electron chi connectivity index (χ0n) is 12.6. The number of sulfonamides is 1. The van der Waals surface area contributed by atoms with Gasteiger partial charge in [-0.1, -0.05) is 13.8 Å². The Morgan fingerprint density at radius 2 is 1.95 bits per heavy atom. The molecule has 0 aliphatic heterocycles. The van der Waals surface area contributed by atoms with Crippen molar-refractivity contribution in [2.45, 2.75) is 45.6 Å². The van der Waals surface area contributed by atoms with Gasteiger partial charge in [-0.05, 0) is 38.6 Å². The van der Waals surface area contributed by atoms with Gasteiger partial charge in [0, 0.05) is 18.7 Å². The van der Waals surface area contributed by atoms with Crippen LogP contribution in [0, 0.1) is 25.7 Å². The van der Waals surface area contributed by atoms with Crippen LogP contribution in [0.25, 0.3) is 0 Å². The van der Waals surface area contributed by atoms with Crippen LogP contribution in [0.2, 0.25) is 0 Å². The predicted molar refractivity (Wildman–Crippen MR) is 78.0 cm³/mol. The maximum absolute atomic E-state index is 12.5. The number of furan rings is 1. The first-order valence-corrected chi connectivity index (χ1v) is 8.64. The molecule has 20 heavy (non-hydrogen) atoms. The van der Waals surface area contributed by atoms with E-state index < -0.39 is 10.0 Å². The third-order valence-electron chi connectivity index (χ3n) is 3.96. The molecule has 0 aromatic carbocycles. The molecule has 2 rings (SSSR count). The van der Waals surface area contributed by atoms with Gasteiger partial charge >= 0.3 is 0 Å². The zero-order valence-corrected chi connectivity index (χ0v) is 13.4. The Hall–Kier alpha value is -0.850. The van der Waals surface area contributed by atoms with E-state index in [-0.39, 0.29) is 0 Å². The Balaban J connectivity index is 2.20. The Morgan fingerprint density at radius 1 is 1.30 bits per heavy atom. The normalized spacial score (nSPS) is 22.2. The summed E-state index contributed by atoms with van der Waals surface area (Å²) in [6, 6.07) is 0. The van der Waals surface area contributed by atoms with Gasteiger partial charge in [0.05, 0.1) is 0 Å². The fraction of sp³-hybridized carbons (Fsp3) is 0.714. The van der Waals surface area contributed by atoms with Crippen molar-refractivity contribution in [1.82, 2.24) is 10.0 Å². The number of aryl methyl sites for hydroxylation is 2. The van der Waals surface area contributed by atoms with Gasteiger partial charge in [0.25, 0.3) is 0 Å². The maximum Gasteiger partial charge on any atom is 0.244 e. The van der Waals surface area contributed by atoms with E-state index in [0.29, 0.717) is 41.3 Å². The monoisotopic (exact) mass is 300 g/mol. The van der Waals surface area contributed by atoms with Gasteiger partial charge in [-0.2, -0.15) is 0 Å². The van der Waals surface area contributed by atoms with Crippen molar-refractivity contribution < 1.29 is 12.8 Å². The minimum Gasteiger partial charge on any atom is -0.465 e. The van der Waals surface area contributed by atoms with Gasteiger partial charge in [-0.25, -0.2) is 13.1 Å². The lowest BCUT2D eigenvalue weighted by Gasteiger charge is -2.08. The van der Waals surface area contributed by atoms with Crippen LogP contribution in [-0.4, -0.2) is 21.5 Å². The van der Waals surface area contributed by atoms with Crippen LogP contribution >= 0.6 is 0 Å². The van der Waals surface area contributed by atoms with Crippen molar-refractivity contribution in [3.63, 3.8) is 0 Å². The summed E-state index contributed by atoms with van der Waals surface area (Å²) in [5.41, 5.74) is 0.737. The summed E-state index contributed by atoms with van der Waals surface area (Å²) < 4.78 is 33.2. The SMILES string of the molecule is CCNCc1c(C)oc(C)c1S(=O)(=O)NCC1CC1C. The molecule has 1 aromatic rings. The van der Waals surface area contributed by atoms with E-state index in [2.05, 4.69) is 17.0 Å². The standard InChI is InChI=1S/C14H24N2O3S/c1-5-15-8-13-10(3)19-11(4)14(13)20(17,18)16-7-12-6-9(12)2/h9,12,15-16H,5-8H2,1-4H3. The van der Waals surface area contributed by atoms with Crippen molar-refractivity contribution in [1.29, 1.82) is 0 Å². The van der Waals surface area contributed by atoms with E-state index in [0.717, 1.165) is 18.5 Å². The second-order valence-corrected chi connectivity index (χ2v) is 7.33. The molecule has 0 bridgehead atoms. The molecule has 0 saturated heterocycles. The van der Waals surface area contributed by atoms with Gasteiger partial charge in [0.2, 0.25) is 10.0 Å². The van der Waals surface area contributed by atoms with E-state index in [1.807, 2.05) is 13.8 Å². The molecule has 0 spiro atoms. The average molecular weight is 300 g/mol. The van der Waals surface area contributed by atoms with Crippen LogP contribution in [0.3, 0.4) is 0 Å². The van der Waals surface area contributed by atoms with Crippen molar-refractivity contribution >= 4 is 10.0 Å². The highest BCUT2D eigenvalue weighted by Gasteiger charge is 2.34. The second kappa shape index (κ2) is 5.87. The van der Waals surface area contributed by atoms with Crippen molar-refractivity contribution in [2.24, 2.45) is 11.8 Å². The quantitative estimate of drug-likeness (QED) is 0.807. The summed E-state index contributed by atoms with van der Waals surface area (Å²) in [7, 11) is -3.49. The molecule has 0 radical (unpaired) electrons. The zero-order chi connectivity index (χ0) is 14.9. The van der Waals surface area contributed by atoms with Crippen molar-refractivity contribution in [3.8, 4) is 0 Å². The summed E-state index contributed by atoms with van der Waals surface area (Å²) in [5, 5.41) is 3.16. The van der Waals surface area contributed by atoms with Gasteiger partial charge in [0.1, 0.15) is 16.4 Å². The van der Waals surface area contributed by atoms with E-state index >= 15 is 0 Å². The van der Waals surface area contributed by atoms with E-state index in [4.69, 9.17) is 4.42 Å². The Morgan fingerprint density at radius 3 is 2.50 bits per heavy atom. The van der Waals surface area contributed by atoms with Crippen molar-refractivity contribution in [3.05, 3.63) is 17.1 Å². The van der Waals surface area contributed by atoms with Gasteiger partial charge in [-0.3, -0.25) is 0 Å². The molecule has 2 N–H and O–H groups in total. The molecule has 0 amide bonds. The van der Waals surface area contributed by atoms with E-state index in [1.165, 1.54) is 0 Å². The molecule has 1 heterocycles. The fourth-order valence-electron chi connectivity index (χ4n) is 2.49. The summed E-state index contributed by atoms with van der Waals surface area (Å²) in [6.07, 6.45) is 1.11. The number of rotatable bonds is 7. The topological polar surface area (TPSA) is 71.3 Å². The molecule has 6 heteroatoms. The minimum atomic E-state index is -3.49. The van der Waals surface area contributed by atoms with E-state index in [9.17, 15) is 8.42 Å². The maximum atomic E-state index is 12.5. The highest BCUT2D eigenvalue weighted by molar-refractivity contribution is 7.89. The van der Waals surface area contributed by atoms with Crippen LogP contribution in [0.4, 0.5) is 0 Å². The summed E-state index contributed by atoms with van der Waals surface area (Å²) in [5.74, 6) is 2.25. The molecule has 1 aromatic heterocycles. The highest BCUT2D eigenvalue weighted by atomic mass is 32.2. The van der Waals surface area contributed by atoms with Gasteiger partial charge < -0.3 is 9.73 Å². The molecule has 114 valence electrons. The van der Waals surface area contributed by atoms with Crippen molar-refractivity contribution in [2.75, 3.05) is 13.1 Å². The summed E-state index contributed by atoms with van der Waals surface area (Å²) in [4.78, 5) is 0.309. The predicted octanol–water partition coefficient (Wildman–Crippen LogP) is 1.94. The lowest BCUT2D eigenvalue weighted by atomic mass is 10.2. The summed E-state index contributed by atoms with van der Waals surface area (Å²) in [6.45, 7) is 9.46. The smallest absolute Gasteiger partial charge is 0.244 e. The van der Waals surface area contributed by atoms with Crippen LogP contribution < -0.4 is 10.0 Å². The van der Waals surface area contributed by atoms with Crippen LogP contribution in [0.1, 0.15) is 37.4 Å². The number of nitrogens with one attached hydrogen (secondary N) is 2. The largest absolute Gasteiger partial charge is 0.465 e. The van der Waals surface area contributed by atoms with Gasteiger partial charge in [0.15, 0.2) is 0 Å². The number of hydrogen-bond donors (Lipinski definition) is 2. The molecular weight excluding hydrogens is 276 g/mol. The molecule has 5 nitrogen and oxygen atoms in total. The molecule has 1 saturated carbocycles. The average Bonchev–Trinajstić information content (AvgIpc) is 2.99. The first-order valence-electron chi connectivity index (χ1n) is 7.16. The fourth-order valence-corrected chi connectivity index (χ4v) is 4.03. The molecule has 1 aliphatic rings. The lowest BCUT2D eigenvalue weighted by molar-refractivity contribution is 0.493. The molecule has 1 fully saturated rings. The molecule has 2 unspecified atom stereocenters. The van der Waals surface area contributed by atoms with Crippen LogP contribution in [-0.2, 0) is 16.6 Å². The van der Waals surface area contributed by atoms with Crippen LogP contribution in [0.5, 0.6) is 0 Å². The lowest BCUT2D eigenvalue weighted by Crippen LogP contribution is -2.28. The molecule has 2 atom stereocenters. The third-order valence-corrected chi connectivity index (χ3v) is 5.58. The first kappa shape index (κ1) is 15.5. The third kappa shape index (κ3) is 3.24. The van der Waals surface area contributed by atoms with Crippen LogP contribution in [0.15, 0.2) is 9.31 Å². The minimum absolute atomic E-state index is 0.309. The Labute approximate surface area is 121 Å². The first-order chi connectivity index (χ1) is 9.36. The molecule has 1 aliphatic carbocycles. The second-order valence-electron chi connectivity index (χ2n) is 5.63. The molecular formula is C14H24N2O3S. The highest BCUT2D eigenvalue weighted by Crippen LogP contribution is 2.37. The van der Waals surface area contributed by atoms with E-state index in [1.54, 1.807) is 6.92 Å².